The van der Waals surface area contributed by atoms with Crippen molar-refractivity contribution in [2.24, 2.45) is 33.6 Å². The molecule has 3 N–H and O–H groups in total. The van der Waals surface area contributed by atoms with E-state index in [9.17, 15) is 20.1 Å². The van der Waals surface area contributed by atoms with E-state index in [1.165, 1.54) is 5.57 Å². The van der Waals surface area contributed by atoms with Crippen molar-refractivity contribution in [2.45, 2.75) is 57.7 Å². The third kappa shape index (κ3) is 2.34. The molecule has 0 aromatic carbocycles. The van der Waals surface area contributed by atoms with E-state index in [-0.39, 0.29) is 23.2 Å². The summed E-state index contributed by atoms with van der Waals surface area (Å²) in [5.74, 6) is 0.0181. The second kappa shape index (κ2) is 6.10. The number of hydrogen-bond donors (Lipinski definition) is 3. The van der Waals surface area contributed by atoms with Crippen LogP contribution in [-0.4, -0.2) is 52.2 Å². The fourth-order valence-corrected chi connectivity index (χ4v) is 7.07. The zero-order valence-electron chi connectivity index (χ0n) is 16.5. The van der Waals surface area contributed by atoms with Crippen LogP contribution in [-0.2, 0) is 4.79 Å². The Labute approximate surface area is 160 Å². The average Bonchev–Trinajstić information content (AvgIpc) is 2.91. The number of allylic oxidation sites excluding steroid dienone is 4. The maximum Gasteiger partial charge on any atom is 0.190 e. The molecule has 148 valence electrons. The van der Waals surface area contributed by atoms with E-state index in [2.05, 4.69) is 24.1 Å². The zero-order chi connectivity index (χ0) is 19.6. The van der Waals surface area contributed by atoms with Crippen LogP contribution >= 0.6 is 0 Å². The number of ketones is 1. The Hall–Kier alpha value is -1.30. The van der Waals surface area contributed by atoms with E-state index in [4.69, 9.17) is 0 Å². The molecule has 5 heteroatoms. The molecule has 0 amide bonds. The van der Waals surface area contributed by atoms with Gasteiger partial charge in [-0.1, -0.05) is 25.5 Å². The molecule has 0 saturated heterocycles. The summed E-state index contributed by atoms with van der Waals surface area (Å²) in [6, 6.07) is 0. The van der Waals surface area contributed by atoms with Crippen molar-refractivity contribution in [1.29, 1.82) is 0 Å². The second-order valence-electron chi connectivity index (χ2n) is 9.44. The van der Waals surface area contributed by atoms with Crippen LogP contribution in [0.1, 0.15) is 46.0 Å². The highest BCUT2D eigenvalue weighted by Gasteiger charge is 2.67. The van der Waals surface area contributed by atoms with Crippen molar-refractivity contribution < 1.29 is 20.1 Å². The highest BCUT2D eigenvalue weighted by atomic mass is 16.3. The van der Waals surface area contributed by atoms with Gasteiger partial charge in [0.15, 0.2) is 5.78 Å². The first kappa shape index (κ1) is 19.0. The predicted molar refractivity (Wildman–Crippen MR) is 103 cm³/mol. The first-order valence-corrected chi connectivity index (χ1v) is 10.1. The number of rotatable bonds is 2. The van der Waals surface area contributed by atoms with Gasteiger partial charge in [-0.15, -0.1) is 0 Å². The van der Waals surface area contributed by atoms with Gasteiger partial charge in [-0.3, -0.25) is 9.79 Å². The quantitative estimate of drug-likeness (QED) is 0.691. The molecule has 0 aliphatic heterocycles. The van der Waals surface area contributed by atoms with Gasteiger partial charge in [0.05, 0.1) is 11.8 Å². The molecule has 0 spiro atoms. The van der Waals surface area contributed by atoms with Crippen molar-refractivity contribution >= 4 is 11.5 Å². The number of carbonyl (C=O) groups excluding carboxylic acids is 1. The summed E-state index contributed by atoms with van der Waals surface area (Å²) in [4.78, 5) is 16.7. The van der Waals surface area contributed by atoms with Crippen molar-refractivity contribution in [2.75, 3.05) is 13.7 Å². The van der Waals surface area contributed by atoms with Crippen molar-refractivity contribution in [1.82, 2.24) is 0 Å². The summed E-state index contributed by atoms with van der Waals surface area (Å²) < 4.78 is 0. The van der Waals surface area contributed by atoms with Crippen LogP contribution in [0.3, 0.4) is 0 Å². The van der Waals surface area contributed by atoms with Gasteiger partial charge in [0.2, 0.25) is 0 Å². The molecule has 3 saturated carbocycles. The van der Waals surface area contributed by atoms with Crippen LogP contribution in [0.5, 0.6) is 0 Å². The van der Waals surface area contributed by atoms with E-state index in [1.54, 1.807) is 7.05 Å². The smallest absolute Gasteiger partial charge is 0.190 e. The Kier molecular flexibility index (Phi) is 4.30. The molecular weight excluding hydrogens is 342 g/mol. The molecule has 4 rings (SSSR count). The molecule has 0 aromatic heterocycles. The van der Waals surface area contributed by atoms with Crippen molar-refractivity contribution in [3.63, 3.8) is 0 Å². The molecule has 0 radical (unpaired) electrons. The summed E-state index contributed by atoms with van der Waals surface area (Å²) in [7, 11) is 1.80. The number of Topliss-reactive ketones (excluding diaryl/α,β-unsaturated/α-hetero) is 1. The molecule has 27 heavy (non-hydrogen) atoms. The Morgan fingerprint density at radius 3 is 2.74 bits per heavy atom. The first-order valence-electron chi connectivity index (χ1n) is 10.1. The molecule has 4 aliphatic carbocycles. The summed E-state index contributed by atoms with van der Waals surface area (Å²) in [5.41, 5.74) is -0.118. The van der Waals surface area contributed by atoms with Crippen molar-refractivity contribution in [3.05, 3.63) is 23.8 Å². The largest absolute Gasteiger partial charge is 0.393 e. The zero-order valence-corrected chi connectivity index (χ0v) is 16.5. The molecule has 0 bridgehead atoms. The van der Waals surface area contributed by atoms with Gasteiger partial charge in [0.25, 0.3) is 0 Å². The fraction of sp³-hybridized carbons (Fsp3) is 0.727. The van der Waals surface area contributed by atoms with Crippen LogP contribution < -0.4 is 0 Å². The Morgan fingerprint density at radius 2 is 2.07 bits per heavy atom. The minimum Gasteiger partial charge on any atom is -0.393 e. The molecule has 4 aliphatic rings. The molecule has 7 atom stereocenters. The van der Waals surface area contributed by atoms with Gasteiger partial charge < -0.3 is 15.3 Å². The summed E-state index contributed by atoms with van der Waals surface area (Å²) in [6.07, 6.45) is 9.28. The number of fused-ring (bicyclic) bond motifs is 5. The lowest BCUT2D eigenvalue weighted by Gasteiger charge is -2.59. The van der Waals surface area contributed by atoms with Gasteiger partial charge in [-0.25, -0.2) is 0 Å². The number of nitrogens with zero attached hydrogens (tertiary/aromatic N) is 1. The van der Waals surface area contributed by atoms with Gasteiger partial charge in [-0.05, 0) is 56.1 Å². The topological polar surface area (TPSA) is 90.1 Å². The lowest BCUT2D eigenvalue weighted by atomic mass is 9.46. The standard InChI is InChI=1S/C22H31NO4/c1-20-8-6-14(23-3)10-13(20)4-5-15-16-7-9-22(27,18(26)12-24)21(16,2)11-17(25)19(15)20/h6,8,10,15-17,19,24-25,27H,4-5,7,9,11-12H2,1-3H3/t15?,16?,17?,19?,20-,21-,22-/m0/s1. The van der Waals surface area contributed by atoms with E-state index in [1.807, 2.05) is 13.0 Å². The van der Waals surface area contributed by atoms with Gasteiger partial charge in [0.1, 0.15) is 12.2 Å². The molecule has 4 unspecified atom stereocenters. The molecule has 0 aromatic rings. The number of carbonyl (C=O) groups is 1. The number of hydrogen-bond acceptors (Lipinski definition) is 5. The van der Waals surface area contributed by atoms with Crippen LogP contribution in [0.15, 0.2) is 28.8 Å². The monoisotopic (exact) mass is 373 g/mol. The van der Waals surface area contributed by atoms with Gasteiger partial charge in [0, 0.05) is 23.8 Å². The first-order chi connectivity index (χ1) is 12.7. The number of aliphatic hydroxyl groups is 3. The molecular formula is C22H31NO4. The minimum atomic E-state index is -1.53. The lowest BCUT2D eigenvalue weighted by molar-refractivity contribution is -0.178. The number of aliphatic hydroxyl groups excluding tert-OH is 2. The van der Waals surface area contributed by atoms with Crippen molar-refractivity contribution in [3.8, 4) is 0 Å². The highest BCUT2D eigenvalue weighted by Crippen LogP contribution is 2.67. The molecule has 5 nitrogen and oxygen atoms in total. The maximum absolute atomic E-state index is 12.4. The van der Waals surface area contributed by atoms with E-state index >= 15 is 0 Å². The van der Waals surface area contributed by atoms with Crippen LogP contribution in [0.2, 0.25) is 0 Å². The Bertz CT molecular complexity index is 755. The van der Waals surface area contributed by atoms with E-state index in [0.717, 1.165) is 25.0 Å². The predicted octanol–water partition coefficient (Wildman–Crippen LogP) is 2.06. The average molecular weight is 373 g/mol. The normalized spacial score (nSPS) is 50.0. The number of aliphatic imine (C=N–C) groups is 1. The Morgan fingerprint density at radius 1 is 1.33 bits per heavy atom. The van der Waals surface area contributed by atoms with Gasteiger partial charge in [-0.2, -0.15) is 0 Å². The third-order valence-electron chi connectivity index (χ3n) is 8.52. The SMILES string of the molecule is CN=C1C=C[C@@]2(C)C(=C1)CCC1C2C(O)C[C@@]2(C)C1CC[C@]2(O)C(=O)CO. The molecule has 3 fully saturated rings. The summed E-state index contributed by atoms with van der Waals surface area (Å²) >= 11 is 0. The lowest BCUT2D eigenvalue weighted by Crippen LogP contribution is -2.61. The maximum atomic E-state index is 12.4. The minimum absolute atomic E-state index is 0.0804. The summed E-state index contributed by atoms with van der Waals surface area (Å²) in [5, 5.41) is 31.9. The van der Waals surface area contributed by atoms with Gasteiger partial charge >= 0.3 is 0 Å². The van der Waals surface area contributed by atoms with Crippen LogP contribution in [0.25, 0.3) is 0 Å². The summed E-state index contributed by atoms with van der Waals surface area (Å²) in [6.45, 7) is 3.52. The van der Waals surface area contributed by atoms with E-state index in [0.29, 0.717) is 12.8 Å². The second-order valence-corrected chi connectivity index (χ2v) is 9.44. The fourth-order valence-electron chi connectivity index (χ4n) is 7.07. The van der Waals surface area contributed by atoms with Crippen LogP contribution in [0, 0.1) is 28.6 Å². The molecule has 0 heterocycles. The highest BCUT2D eigenvalue weighted by molar-refractivity contribution is 6.05. The van der Waals surface area contributed by atoms with Crippen LogP contribution in [0.4, 0.5) is 0 Å². The van der Waals surface area contributed by atoms with E-state index < -0.39 is 29.5 Å². The Balaban J connectivity index is 1.74. The third-order valence-corrected chi connectivity index (χ3v) is 8.52.